The van der Waals surface area contributed by atoms with Crippen molar-refractivity contribution in [2.75, 3.05) is 13.1 Å². The number of nitrogens with zero attached hydrogens (tertiary/aromatic N) is 1. The number of hydrogen-bond donors (Lipinski definition) is 1. The van der Waals surface area contributed by atoms with Crippen LogP contribution in [0.5, 0.6) is 5.75 Å². The first-order valence-electron chi connectivity index (χ1n) is 7.13. The van der Waals surface area contributed by atoms with Crippen molar-refractivity contribution in [1.82, 2.24) is 5.32 Å². The zero-order valence-electron chi connectivity index (χ0n) is 13.6. The van der Waals surface area contributed by atoms with Crippen LogP contribution in [0.1, 0.15) is 26.3 Å². The van der Waals surface area contributed by atoms with Gasteiger partial charge in [0.15, 0.2) is 0 Å². The van der Waals surface area contributed by atoms with Gasteiger partial charge in [-0.2, -0.15) is 5.26 Å². The fourth-order valence-electron chi connectivity index (χ4n) is 1.72. The number of benzene rings is 1. The van der Waals surface area contributed by atoms with Gasteiger partial charge in [-0.1, -0.05) is 6.58 Å². The highest BCUT2D eigenvalue weighted by Gasteiger charge is 2.20. The van der Waals surface area contributed by atoms with Crippen molar-refractivity contribution in [2.24, 2.45) is 0 Å². The molecule has 0 radical (unpaired) electrons. The number of nitrogens with one attached hydrogen (secondary N) is 1. The lowest BCUT2D eigenvalue weighted by Crippen LogP contribution is -2.20. The predicted molar refractivity (Wildman–Crippen MR) is 84.4 cm³/mol. The molecule has 1 aromatic carbocycles. The molecule has 1 aliphatic heterocycles. The van der Waals surface area contributed by atoms with E-state index in [2.05, 4.69) is 16.6 Å². The van der Waals surface area contributed by atoms with Crippen molar-refractivity contribution in [1.29, 1.82) is 5.26 Å². The van der Waals surface area contributed by atoms with Gasteiger partial charge < -0.3 is 14.8 Å². The van der Waals surface area contributed by atoms with E-state index in [-0.39, 0.29) is 17.3 Å². The van der Waals surface area contributed by atoms with Crippen molar-refractivity contribution >= 4 is 6.47 Å². The zero-order chi connectivity index (χ0) is 17.5. The molecule has 2 rings (SSSR count). The van der Waals surface area contributed by atoms with Crippen molar-refractivity contribution in [3.8, 4) is 11.8 Å². The highest BCUT2D eigenvalue weighted by molar-refractivity contribution is 5.38. The second-order valence-corrected chi connectivity index (χ2v) is 5.98. The summed E-state index contributed by atoms with van der Waals surface area (Å²) in [6.45, 7) is 11.2. The highest BCUT2D eigenvalue weighted by Crippen LogP contribution is 2.20. The molecule has 1 heterocycles. The molecule has 1 fully saturated rings. The minimum absolute atomic E-state index is 0.0238. The maximum atomic E-state index is 13.3. The molecular weight excluding hydrogens is 299 g/mol. The first-order valence-corrected chi connectivity index (χ1v) is 7.13. The molecule has 6 heteroatoms. The van der Waals surface area contributed by atoms with Gasteiger partial charge in [0.2, 0.25) is 0 Å². The maximum absolute atomic E-state index is 13.3. The van der Waals surface area contributed by atoms with E-state index in [1.807, 2.05) is 20.8 Å². The number of rotatable bonds is 3. The summed E-state index contributed by atoms with van der Waals surface area (Å²) < 4.78 is 23.4. The van der Waals surface area contributed by atoms with E-state index in [1.165, 1.54) is 12.1 Å². The van der Waals surface area contributed by atoms with Gasteiger partial charge in [-0.25, -0.2) is 4.39 Å². The Kier molecular flexibility index (Phi) is 6.73. The topological polar surface area (TPSA) is 71.3 Å². The van der Waals surface area contributed by atoms with E-state index in [0.29, 0.717) is 18.8 Å². The van der Waals surface area contributed by atoms with E-state index < -0.39 is 5.82 Å². The number of carbonyl (C=O) groups is 1. The Labute approximate surface area is 135 Å². The number of ether oxygens (including phenoxy) is 2. The van der Waals surface area contributed by atoms with Crippen molar-refractivity contribution in [2.45, 2.75) is 32.5 Å². The minimum Gasteiger partial charge on any atom is -0.485 e. The number of halogens is 1. The molecule has 1 atom stereocenters. The molecule has 1 aliphatic rings. The molecule has 0 saturated carbocycles. The van der Waals surface area contributed by atoms with Gasteiger partial charge in [-0.15, -0.1) is 0 Å². The summed E-state index contributed by atoms with van der Waals surface area (Å²) in [6.07, 6.45) is -0.118. The average Bonchev–Trinajstić information content (AvgIpc) is 2.84. The average molecular weight is 320 g/mol. The van der Waals surface area contributed by atoms with Gasteiger partial charge in [-0.05, 0) is 38.5 Å². The monoisotopic (exact) mass is 320 g/mol. The van der Waals surface area contributed by atoms with Crippen LogP contribution in [0, 0.1) is 17.1 Å². The first kappa shape index (κ1) is 18.7. The summed E-state index contributed by atoms with van der Waals surface area (Å²) in [5.41, 5.74) is 0.655. The first-order chi connectivity index (χ1) is 10.8. The molecule has 1 N–H and O–H groups in total. The van der Waals surface area contributed by atoms with Gasteiger partial charge in [0.1, 0.15) is 29.3 Å². The third-order valence-electron chi connectivity index (χ3n) is 2.88. The molecule has 0 spiro atoms. The van der Waals surface area contributed by atoms with E-state index in [0.717, 1.165) is 12.1 Å². The normalized spacial score (nSPS) is 16.8. The molecule has 1 aromatic rings. The van der Waals surface area contributed by atoms with E-state index in [9.17, 15) is 9.18 Å². The van der Waals surface area contributed by atoms with Crippen molar-refractivity contribution in [3.05, 3.63) is 41.7 Å². The standard InChI is InChI=1S/C12H11FN2O.C5H10O2/c1-8-6-15-7-12(8)16-10-3-2-9(5-14)11(13)4-10;1-5(2,3)7-4-6/h2-4,12,15H,1,6-7H2;4H,1-3H3/t12-;/m0./s1. The third kappa shape index (κ3) is 6.49. The van der Waals surface area contributed by atoms with Crippen LogP contribution >= 0.6 is 0 Å². The van der Waals surface area contributed by atoms with Gasteiger partial charge in [0.05, 0.1) is 5.56 Å². The lowest BCUT2D eigenvalue weighted by Gasteiger charge is -2.14. The van der Waals surface area contributed by atoms with Crippen LogP contribution in [0.2, 0.25) is 0 Å². The van der Waals surface area contributed by atoms with Crippen molar-refractivity contribution in [3.63, 3.8) is 0 Å². The Morgan fingerprint density at radius 1 is 1.48 bits per heavy atom. The molecule has 5 nitrogen and oxygen atoms in total. The third-order valence-corrected chi connectivity index (χ3v) is 2.88. The van der Waals surface area contributed by atoms with E-state index >= 15 is 0 Å². The molecular formula is C17H21FN2O3. The molecule has 0 aromatic heterocycles. The maximum Gasteiger partial charge on any atom is 0.293 e. The molecule has 0 bridgehead atoms. The van der Waals surface area contributed by atoms with Crippen LogP contribution in [0.15, 0.2) is 30.4 Å². The van der Waals surface area contributed by atoms with Crippen molar-refractivity contribution < 1.29 is 18.7 Å². The molecule has 1 saturated heterocycles. The minimum atomic E-state index is -0.559. The predicted octanol–water partition coefficient (Wildman–Crippen LogP) is 2.56. The summed E-state index contributed by atoms with van der Waals surface area (Å²) in [4.78, 5) is 9.60. The fraction of sp³-hybridized carbons (Fsp3) is 0.412. The van der Waals surface area contributed by atoms with Gasteiger partial charge in [0, 0.05) is 19.2 Å². The largest absolute Gasteiger partial charge is 0.485 e. The molecule has 0 amide bonds. The van der Waals surface area contributed by atoms with Gasteiger partial charge in [-0.3, -0.25) is 4.79 Å². The summed E-state index contributed by atoms with van der Waals surface area (Å²) in [6, 6.07) is 5.99. The summed E-state index contributed by atoms with van der Waals surface area (Å²) in [7, 11) is 0. The molecule has 0 aliphatic carbocycles. The smallest absolute Gasteiger partial charge is 0.293 e. The van der Waals surface area contributed by atoms with Gasteiger partial charge in [0.25, 0.3) is 6.47 Å². The highest BCUT2D eigenvalue weighted by atomic mass is 19.1. The second-order valence-electron chi connectivity index (χ2n) is 5.98. The summed E-state index contributed by atoms with van der Waals surface area (Å²) in [5.74, 6) is -0.136. The molecule has 124 valence electrons. The van der Waals surface area contributed by atoms with Crippen LogP contribution in [0.3, 0.4) is 0 Å². The Morgan fingerprint density at radius 2 is 2.17 bits per heavy atom. The molecule has 23 heavy (non-hydrogen) atoms. The van der Waals surface area contributed by atoms with Crippen LogP contribution in [-0.4, -0.2) is 31.3 Å². The Morgan fingerprint density at radius 3 is 2.57 bits per heavy atom. The van der Waals surface area contributed by atoms with Crippen LogP contribution in [0.25, 0.3) is 0 Å². The molecule has 0 unspecified atom stereocenters. The van der Waals surface area contributed by atoms with Crippen LogP contribution < -0.4 is 10.1 Å². The fourth-order valence-corrected chi connectivity index (χ4v) is 1.72. The summed E-state index contributed by atoms with van der Waals surface area (Å²) in [5, 5.41) is 11.7. The van der Waals surface area contributed by atoms with Gasteiger partial charge >= 0.3 is 0 Å². The Bertz CT molecular complexity index is 603. The quantitative estimate of drug-likeness (QED) is 0.684. The Balaban J connectivity index is 0.000000322. The zero-order valence-corrected chi connectivity index (χ0v) is 13.6. The Hall–Kier alpha value is -2.39. The number of carbonyl (C=O) groups excluding carboxylic acids is 1. The lowest BCUT2D eigenvalue weighted by molar-refractivity contribution is -0.138. The number of nitriles is 1. The van der Waals surface area contributed by atoms with Crippen LogP contribution in [0.4, 0.5) is 4.39 Å². The summed E-state index contributed by atoms with van der Waals surface area (Å²) >= 11 is 0. The second kappa shape index (κ2) is 8.30. The van der Waals surface area contributed by atoms with Crippen LogP contribution in [-0.2, 0) is 9.53 Å². The SMILES string of the molecule is C=C1CNC[C@@H]1Oc1ccc(C#N)c(F)c1.CC(C)(C)OC=O. The van der Waals surface area contributed by atoms with E-state index in [4.69, 9.17) is 10.00 Å². The lowest BCUT2D eigenvalue weighted by atomic mass is 10.2. The number of hydrogen-bond acceptors (Lipinski definition) is 5. The van der Waals surface area contributed by atoms with E-state index in [1.54, 1.807) is 12.1 Å².